The summed E-state index contributed by atoms with van der Waals surface area (Å²) >= 11 is 0. The second-order valence-corrected chi connectivity index (χ2v) is 2.54. The Morgan fingerprint density at radius 2 is 2.45 bits per heavy atom. The lowest BCUT2D eigenvalue weighted by Gasteiger charge is -2.20. The number of rotatable bonds is 0. The maximum Gasteiger partial charge on any atom is 0.154 e. The van der Waals surface area contributed by atoms with E-state index in [1.165, 1.54) is 0 Å². The fourth-order valence-corrected chi connectivity index (χ4v) is 1.13. The highest BCUT2D eigenvalue weighted by atomic mass is 15.2. The van der Waals surface area contributed by atoms with Crippen LogP contribution in [0.25, 0.3) is 0 Å². The minimum atomic E-state index is 0.851. The third-order valence-electron chi connectivity index (χ3n) is 1.71. The molecule has 0 N–H and O–H groups in total. The normalized spacial score (nSPS) is 14.8. The fraction of sp³-hybridized carbons (Fsp3) is 0.250. The van der Waals surface area contributed by atoms with E-state index in [4.69, 9.17) is 0 Å². The summed E-state index contributed by atoms with van der Waals surface area (Å²) in [6.45, 7) is 0.851. The van der Waals surface area contributed by atoms with E-state index in [9.17, 15) is 0 Å². The molecule has 0 bridgehead atoms. The van der Waals surface area contributed by atoms with Crippen molar-refractivity contribution in [2.45, 2.75) is 0 Å². The number of anilines is 1. The van der Waals surface area contributed by atoms with Gasteiger partial charge in [0.25, 0.3) is 0 Å². The number of fused-ring (bicyclic) bond motifs is 1. The van der Waals surface area contributed by atoms with Crippen LogP contribution in [-0.4, -0.2) is 24.8 Å². The number of aliphatic imine (C=N–C) groups is 1. The third kappa shape index (κ3) is 0.981. The van der Waals surface area contributed by atoms with Gasteiger partial charge in [0.15, 0.2) is 5.82 Å². The molecule has 0 spiro atoms. The van der Waals surface area contributed by atoms with Gasteiger partial charge in [-0.3, -0.25) is 4.99 Å². The molecular weight excluding hydrogens is 138 g/mol. The van der Waals surface area contributed by atoms with E-state index in [-0.39, 0.29) is 0 Å². The van der Waals surface area contributed by atoms with E-state index in [1.807, 2.05) is 25.4 Å². The first kappa shape index (κ1) is 6.34. The third-order valence-corrected chi connectivity index (χ3v) is 1.71. The standard InChI is InChI=1S/C8H9N3/c1-11-6-5-9-7-3-2-4-10-8(7)11/h2-5H,6H2,1H3. The topological polar surface area (TPSA) is 28.5 Å². The molecule has 1 aromatic rings. The highest BCUT2D eigenvalue weighted by Crippen LogP contribution is 2.25. The highest BCUT2D eigenvalue weighted by Gasteiger charge is 2.09. The largest absolute Gasteiger partial charge is 0.353 e. The van der Waals surface area contributed by atoms with Crippen molar-refractivity contribution in [3.63, 3.8) is 0 Å². The predicted octanol–water partition coefficient (Wildman–Crippen LogP) is 1.23. The fourth-order valence-electron chi connectivity index (χ4n) is 1.13. The van der Waals surface area contributed by atoms with Crippen molar-refractivity contribution in [3.8, 4) is 0 Å². The summed E-state index contributed by atoms with van der Waals surface area (Å²) in [6, 6.07) is 3.86. The number of hydrogen-bond acceptors (Lipinski definition) is 3. The maximum atomic E-state index is 4.21. The van der Waals surface area contributed by atoms with Gasteiger partial charge in [0.2, 0.25) is 0 Å². The first-order chi connectivity index (χ1) is 5.38. The SMILES string of the molecule is CN1CC=Nc2cccnc21. The van der Waals surface area contributed by atoms with Crippen molar-refractivity contribution >= 4 is 17.7 Å². The van der Waals surface area contributed by atoms with Crippen molar-refractivity contribution < 1.29 is 0 Å². The summed E-state index contributed by atoms with van der Waals surface area (Å²) in [6.07, 6.45) is 3.68. The summed E-state index contributed by atoms with van der Waals surface area (Å²) in [5, 5.41) is 0. The zero-order valence-electron chi connectivity index (χ0n) is 6.36. The lowest BCUT2D eigenvalue weighted by molar-refractivity contribution is 1.00. The van der Waals surface area contributed by atoms with Gasteiger partial charge in [0.1, 0.15) is 5.69 Å². The Morgan fingerprint density at radius 1 is 1.55 bits per heavy atom. The van der Waals surface area contributed by atoms with Gasteiger partial charge in [0, 0.05) is 19.5 Å². The zero-order valence-corrected chi connectivity index (χ0v) is 6.36. The van der Waals surface area contributed by atoms with Crippen molar-refractivity contribution in [1.82, 2.24) is 4.98 Å². The van der Waals surface area contributed by atoms with Crippen LogP contribution in [0.2, 0.25) is 0 Å². The Bertz CT molecular complexity index is 293. The molecule has 0 fully saturated rings. The summed E-state index contributed by atoms with van der Waals surface area (Å²) in [4.78, 5) is 10.5. The van der Waals surface area contributed by atoms with Gasteiger partial charge in [-0.05, 0) is 12.1 Å². The molecule has 1 aliphatic rings. The van der Waals surface area contributed by atoms with Gasteiger partial charge in [-0.15, -0.1) is 0 Å². The Labute approximate surface area is 65.4 Å². The molecule has 0 radical (unpaired) electrons. The molecule has 2 rings (SSSR count). The molecule has 0 aromatic carbocycles. The Balaban J connectivity index is 2.54. The average Bonchev–Trinajstić information content (AvgIpc) is 2.06. The lowest BCUT2D eigenvalue weighted by atomic mass is 10.3. The molecule has 3 heteroatoms. The molecule has 0 aliphatic carbocycles. The molecule has 1 aromatic heterocycles. The molecule has 2 heterocycles. The molecular formula is C8H9N3. The smallest absolute Gasteiger partial charge is 0.154 e. The summed E-state index contributed by atoms with van der Waals surface area (Å²) < 4.78 is 0. The molecule has 0 atom stereocenters. The van der Waals surface area contributed by atoms with Crippen LogP contribution in [0.5, 0.6) is 0 Å². The molecule has 0 unspecified atom stereocenters. The molecule has 56 valence electrons. The van der Waals surface area contributed by atoms with Gasteiger partial charge >= 0.3 is 0 Å². The average molecular weight is 147 g/mol. The van der Waals surface area contributed by atoms with Crippen LogP contribution in [0.4, 0.5) is 11.5 Å². The molecule has 0 saturated carbocycles. The van der Waals surface area contributed by atoms with Gasteiger partial charge in [0.05, 0.1) is 6.54 Å². The number of aromatic nitrogens is 1. The van der Waals surface area contributed by atoms with Gasteiger partial charge in [-0.1, -0.05) is 0 Å². The monoisotopic (exact) mass is 147 g/mol. The number of hydrogen-bond donors (Lipinski definition) is 0. The second-order valence-electron chi connectivity index (χ2n) is 2.54. The van der Waals surface area contributed by atoms with Crippen LogP contribution in [0.15, 0.2) is 23.3 Å². The van der Waals surface area contributed by atoms with Gasteiger partial charge < -0.3 is 4.90 Å². The van der Waals surface area contributed by atoms with E-state index in [2.05, 4.69) is 14.9 Å². The van der Waals surface area contributed by atoms with Crippen LogP contribution in [0, 0.1) is 0 Å². The van der Waals surface area contributed by atoms with E-state index in [1.54, 1.807) is 6.20 Å². The van der Waals surface area contributed by atoms with Crippen molar-refractivity contribution in [1.29, 1.82) is 0 Å². The number of nitrogens with zero attached hydrogens (tertiary/aromatic N) is 3. The van der Waals surface area contributed by atoms with Crippen LogP contribution in [-0.2, 0) is 0 Å². The van der Waals surface area contributed by atoms with Crippen LogP contribution >= 0.6 is 0 Å². The minimum absolute atomic E-state index is 0.851. The first-order valence-corrected chi connectivity index (χ1v) is 3.56. The molecule has 3 nitrogen and oxygen atoms in total. The quantitative estimate of drug-likeness (QED) is 0.552. The minimum Gasteiger partial charge on any atom is -0.353 e. The Morgan fingerprint density at radius 3 is 3.27 bits per heavy atom. The Hall–Kier alpha value is -1.38. The zero-order chi connectivity index (χ0) is 7.68. The van der Waals surface area contributed by atoms with E-state index in [0.717, 1.165) is 18.1 Å². The van der Waals surface area contributed by atoms with Crippen LogP contribution in [0.3, 0.4) is 0 Å². The van der Waals surface area contributed by atoms with E-state index < -0.39 is 0 Å². The molecule has 0 amide bonds. The summed E-state index contributed by atoms with van der Waals surface area (Å²) in [5.74, 6) is 0.968. The van der Waals surface area contributed by atoms with E-state index >= 15 is 0 Å². The highest BCUT2D eigenvalue weighted by molar-refractivity contribution is 5.78. The van der Waals surface area contributed by atoms with Crippen LogP contribution < -0.4 is 4.90 Å². The van der Waals surface area contributed by atoms with Gasteiger partial charge in [-0.2, -0.15) is 0 Å². The molecule has 0 saturated heterocycles. The van der Waals surface area contributed by atoms with Crippen molar-refractivity contribution in [2.24, 2.45) is 4.99 Å². The van der Waals surface area contributed by atoms with Crippen molar-refractivity contribution in [3.05, 3.63) is 18.3 Å². The predicted molar refractivity (Wildman–Crippen MR) is 45.7 cm³/mol. The Kier molecular flexibility index (Phi) is 1.35. The van der Waals surface area contributed by atoms with Crippen LogP contribution in [0.1, 0.15) is 0 Å². The first-order valence-electron chi connectivity index (χ1n) is 3.56. The summed E-state index contributed by atoms with van der Waals surface area (Å²) in [7, 11) is 2.01. The molecule has 11 heavy (non-hydrogen) atoms. The van der Waals surface area contributed by atoms with Crippen molar-refractivity contribution in [2.75, 3.05) is 18.5 Å². The summed E-state index contributed by atoms with van der Waals surface area (Å²) in [5.41, 5.74) is 0.959. The van der Waals surface area contributed by atoms with E-state index in [0.29, 0.717) is 0 Å². The lowest BCUT2D eigenvalue weighted by Crippen LogP contribution is -2.22. The van der Waals surface area contributed by atoms with Gasteiger partial charge in [-0.25, -0.2) is 4.98 Å². The molecule has 1 aliphatic heterocycles. The second kappa shape index (κ2) is 2.34. The maximum absolute atomic E-state index is 4.21. The number of pyridine rings is 1.